The molecular weight excluding hydrogens is 228 g/mol. The summed E-state index contributed by atoms with van der Waals surface area (Å²) in [4.78, 5) is 10.6. The second-order valence-electron chi connectivity index (χ2n) is 5.94. The van der Waals surface area contributed by atoms with E-state index in [1.807, 2.05) is 47.7 Å². The van der Waals surface area contributed by atoms with E-state index in [1.54, 1.807) is 5.01 Å². The predicted octanol–water partition coefficient (Wildman–Crippen LogP) is 2.99. The highest BCUT2D eigenvalue weighted by Gasteiger charge is 2.30. The molecule has 0 bridgehead atoms. The van der Waals surface area contributed by atoms with Crippen LogP contribution in [-0.4, -0.2) is 35.8 Å². The Balaban J connectivity index is 4.68. The van der Waals surface area contributed by atoms with Crippen molar-refractivity contribution in [2.45, 2.75) is 59.2 Å². The summed E-state index contributed by atoms with van der Waals surface area (Å²) in [5.74, 6) is 0. The van der Waals surface area contributed by atoms with Crippen LogP contribution in [0.3, 0.4) is 0 Å². The van der Waals surface area contributed by atoms with E-state index >= 15 is 0 Å². The number of hydrogen-bond donors (Lipinski definition) is 0. The van der Waals surface area contributed by atoms with E-state index in [-0.39, 0.29) is 0 Å². The molecule has 0 aromatic carbocycles. The van der Waals surface area contributed by atoms with Gasteiger partial charge in [-0.05, 0) is 41.5 Å². The molecule has 0 radical (unpaired) electrons. The van der Waals surface area contributed by atoms with Crippen molar-refractivity contribution in [3.05, 3.63) is 11.8 Å². The summed E-state index contributed by atoms with van der Waals surface area (Å²) in [6.45, 7) is 15.9. The molecule has 0 amide bonds. The maximum Gasteiger partial charge on any atom is 0.122 e. The Morgan fingerprint density at radius 2 is 1.83 bits per heavy atom. The zero-order valence-corrected chi connectivity index (χ0v) is 12.5. The molecular formula is C14H26N2O2. The van der Waals surface area contributed by atoms with Gasteiger partial charge in [-0.2, -0.15) is 5.10 Å². The minimum Gasteiger partial charge on any atom is -0.367 e. The van der Waals surface area contributed by atoms with Crippen LogP contribution in [-0.2, 0) is 9.53 Å². The average Bonchev–Trinajstić information content (AvgIpc) is 2.12. The number of hydrogen-bond acceptors (Lipinski definition) is 4. The van der Waals surface area contributed by atoms with Crippen LogP contribution >= 0.6 is 0 Å². The van der Waals surface area contributed by atoms with Crippen LogP contribution in [0.4, 0.5) is 0 Å². The van der Waals surface area contributed by atoms with Gasteiger partial charge in [0.2, 0.25) is 0 Å². The summed E-state index contributed by atoms with van der Waals surface area (Å²) in [7, 11) is 0. The van der Waals surface area contributed by atoms with Gasteiger partial charge in [0.15, 0.2) is 0 Å². The Morgan fingerprint density at radius 1 is 1.28 bits per heavy atom. The number of aldehydes is 1. The third-order valence-electron chi connectivity index (χ3n) is 2.26. The fraction of sp³-hybridized carbons (Fsp3) is 0.714. The highest BCUT2D eigenvalue weighted by atomic mass is 16.5. The fourth-order valence-electron chi connectivity index (χ4n) is 1.85. The highest BCUT2D eigenvalue weighted by molar-refractivity contribution is 5.51. The van der Waals surface area contributed by atoms with Crippen molar-refractivity contribution in [1.29, 1.82) is 0 Å². The van der Waals surface area contributed by atoms with Gasteiger partial charge in [0.1, 0.15) is 6.29 Å². The van der Waals surface area contributed by atoms with Crippen molar-refractivity contribution in [2.75, 3.05) is 6.54 Å². The lowest BCUT2D eigenvalue weighted by Gasteiger charge is -2.37. The molecule has 0 heterocycles. The highest BCUT2D eigenvalue weighted by Crippen LogP contribution is 2.23. The van der Waals surface area contributed by atoms with E-state index in [1.165, 1.54) is 0 Å². The SMILES string of the molecule is C=NN(C=C(C)C)CC(C)(C)OC(C)(C)CC=O. The van der Waals surface area contributed by atoms with Crippen molar-refractivity contribution in [3.8, 4) is 0 Å². The quantitative estimate of drug-likeness (QED) is 0.380. The Bertz CT molecular complexity index is 316. The second-order valence-corrected chi connectivity index (χ2v) is 5.94. The molecule has 0 unspecified atom stereocenters. The van der Waals surface area contributed by atoms with Crippen molar-refractivity contribution < 1.29 is 9.53 Å². The van der Waals surface area contributed by atoms with Crippen molar-refractivity contribution in [2.24, 2.45) is 5.10 Å². The van der Waals surface area contributed by atoms with Crippen LogP contribution < -0.4 is 0 Å². The second kappa shape index (κ2) is 6.69. The summed E-state index contributed by atoms with van der Waals surface area (Å²) in [5.41, 5.74) is 0.258. The van der Waals surface area contributed by atoms with Crippen LogP contribution in [0.1, 0.15) is 48.0 Å². The molecule has 0 spiro atoms. The van der Waals surface area contributed by atoms with E-state index in [0.717, 1.165) is 11.9 Å². The lowest BCUT2D eigenvalue weighted by Crippen LogP contribution is -2.43. The Kier molecular flexibility index (Phi) is 6.26. The molecule has 0 aliphatic carbocycles. The van der Waals surface area contributed by atoms with E-state index in [9.17, 15) is 4.79 Å². The Labute approximate surface area is 111 Å². The van der Waals surface area contributed by atoms with Gasteiger partial charge >= 0.3 is 0 Å². The van der Waals surface area contributed by atoms with Crippen LogP contribution in [0, 0.1) is 0 Å². The molecule has 0 saturated carbocycles. The van der Waals surface area contributed by atoms with E-state index in [0.29, 0.717) is 13.0 Å². The fourth-order valence-corrected chi connectivity index (χ4v) is 1.85. The van der Waals surface area contributed by atoms with Crippen molar-refractivity contribution >= 4 is 13.0 Å². The molecule has 0 rings (SSSR count). The van der Waals surface area contributed by atoms with Gasteiger partial charge in [-0.1, -0.05) is 5.57 Å². The van der Waals surface area contributed by atoms with Gasteiger partial charge in [0, 0.05) is 19.3 Å². The van der Waals surface area contributed by atoms with E-state index in [2.05, 4.69) is 11.8 Å². The topological polar surface area (TPSA) is 41.9 Å². The lowest BCUT2D eigenvalue weighted by atomic mass is 10.0. The molecule has 18 heavy (non-hydrogen) atoms. The minimum absolute atomic E-state index is 0.376. The summed E-state index contributed by atoms with van der Waals surface area (Å²) in [6.07, 6.45) is 3.18. The van der Waals surface area contributed by atoms with Crippen LogP contribution in [0.25, 0.3) is 0 Å². The standard InChI is InChI=1S/C14H26N2O2/c1-12(2)10-16(15-7)11-14(5,6)18-13(3,4)8-9-17/h9-10H,7-8,11H2,1-6H3. The van der Waals surface area contributed by atoms with Crippen LogP contribution in [0.2, 0.25) is 0 Å². The maximum absolute atomic E-state index is 10.6. The summed E-state index contributed by atoms with van der Waals surface area (Å²) >= 11 is 0. The number of carbonyl (C=O) groups is 1. The Hall–Kier alpha value is -1.16. The average molecular weight is 254 g/mol. The van der Waals surface area contributed by atoms with Gasteiger partial charge in [0.25, 0.3) is 0 Å². The minimum atomic E-state index is -0.469. The monoisotopic (exact) mass is 254 g/mol. The van der Waals surface area contributed by atoms with Gasteiger partial charge < -0.3 is 9.53 Å². The molecule has 4 heteroatoms. The summed E-state index contributed by atoms with van der Waals surface area (Å²) < 4.78 is 5.99. The number of hydrazone groups is 1. The van der Waals surface area contributed by atoms with Gasteiger partial charge in [-0.15, -0.1) is 0 Å². The molecule has 0 aromatic heterocycles. The maximum atomic E-state index is 10.6. The first-order valence-corrected chi connectivity index (χ1v) is 6.14. The first-order valence-electron chi connectivity index (χ1n) is 6.14. The largest absolute Gasteiger partial charge is 0.367 e. The molecule has 0 N–H and O–H groups in total. The van der Waals surface area contributed by atoms with E-state index < -0.39 is 11.2 Å². The van der Waals surface area contributed by atoms with Crippen molar-refractivity contribution in [3.63, 3.8) is 0 Å². The molecule has 104 valence electrons. The number of carbonyl (C=O) groups excluding carboxylic acids is 1. The number of ether oxygens (including phenoxy) is 1. The summed E-state index contributed by atoms with van der Waals surface area (Å²) in [6, 6.07) is 0. The van der Waals surface area contributed by atoms with Gasteiger partial charge in [-0.25, -0.2) is 0 Å². The zero-order chi connectivity index (χ0) is 14.4. The van der Waals surface area contributed by atoms with Gasteiger partial charge in [-0.3, -0.25) is 5.01 Å². The normalized spacial score (nSPS) is 11.9. The number of nitrogens with zero attached hydrogens (tertiary/aromatic N) is 2. The number of rotatable bonds is 8. The van der Waals surface area contributed by atoms with Crippen molar-refractivity contribution in [1.82, 2.24) is 5.01 Å². The molecule has 0 fully saturated rings. The third kappa shape index (κ3) is 7.22. The van der Waals surface area contributed by atoms with Crippen LogP contribution in [0.5, 0.6) is 0 Å². The van der Waals surface area contributed by atoms with Crippen LogP contribution in [0.15, 0.2) is 16.9 Å². The molecule has 4 nitrogen and oxygen atoms in total. The smallest absolute Gasteiger partial charge is 0.122 e. The molecule has 0 aliphatic heterocycles. The van der Waals surface area contributed by atoms with Gasteiger partial charge in [0.05, 0.1) is 17.7 Å². The molecule has 0 saturated heterocycles. The first kappa shape index (κ1) is 16.8. The third-order valence-corrected chi connectivity index (χ3v) is 2.26. The number of allylic oxidation sites excluding steroid dienone is 1. The molecule has 0 aromatic rings. The Morgan fingerprint density at radius 3 is 2.22 bits per heavy atom. The lowest BCUT2D eigenvalue weighted by molar-refractivity contribution is -0.139. The predicted molar refractivity (Wildman–Crippen MR) is 75.6 cm³/mol. The first-order chi connectivity index (χ1) is 8.12. The summed E-state index contributed by atoms with van der Waals surface area (Å²) in [5, 5.41) is 5.70. The zero-order valence-electron chi connectivity index (χ0n) is 12.5. The molecule has 0 aliphatic rings. The molecule has 0 atom stereocenters. The van der Waals surface area contributed by atoms with E-state index in [4.69, 9.17) is 4.74 Å².